The summed E-state index contributed by atoms with van der Waals surface area (Å²) in [5.41, 5.74) is 0. The Morgan fingerprint density at radius 3 is 2.53 bits per heavy atom. The Morgan fingerprint density at radius 1 is 1.35 bits per heavy atom. The van der Waals surface area contributed by atoms with Crippen LogP contribution in [0, 0.1) is 11.3 Å². The number of carbonyl (C=O) groups excluding carboxylic acids is 2. The van der Waals surface area contributed by atoms with Gasteiger partial charge in [0.1, 0.15) is 6.42 Å². The largest absolute Gasteiger partial charge is 0.335 e. The van der Waals surface area contributed by atoms with Crippen molar-refractivity contribution in [1.82, 2.24) is 10.2 Å². The second-order valence-corrected chi connectivity index (χ2v) is 4.26. The molecule has 94 valence electrons. The zero-order valence-electron chi connectivity index (χ0n) is 10.2. The van der Waals surface area contributed by atoms with Crippen LogP contribution in [0.3, 0.4) is 0 Å². The van der Waals surface area contributed by atoms with Gasteiger partial charge in [0.2, 0.25) is 5.91 Å². The fraction of sp³-hybridized carbons (Fsp3) is 0.750. The van der Waals surface area contributed by atoms with E-state index in [1.165, 1.54) is 6.42 Å². The first kappa shape index (κ1) is 13.5. The van der Waals surface area contributed by atoms with Crippen molar-refractivity contribution in [1.29, 1.82) is 5.26 Å². The van der Waals surface area contributed by atoms with Crippen LogP contribution in [-0.2, 0) is 4.79 Å². The van der Waals surface area contributed by atoms with Gasteiger partial charge in [0.25, 0.3) is 0 Å². The molecule has 17 heavy (non-hydrogen) atoms. The lowest BCUT2D eigenvalue weighted by Crippen LogP contribution is -2.47. The molecule has 3 amide bonds. The smallest absolute Gasteiger partial charge is 0.324 e. The number of urea groups is 1. The van der Waals surface area contributed by atoms with Crippen molar-refractivity contribution in [3.63, 3.8) is 0 Å². The molecule has 0 aliphatic heterocycles. The van der Waals surface area contributed by atoms with Crippen LogP contribution >= 0.6 is 0 Å². The Balaban J connectivity index is 2.48. The normalized spacial score (nSPS) is 16.0. The highest BCUT2D eigenvalue weighted by Gasteiger charge is 2.22. The SMILES string of the molecule is CCN(C(=O)CC#N)C(=O)NC1CCCCC1. The highest BCUT2D eigenvalue weighted by atomic mass is 16.2. The van der Waals surface area contributed by atoms with Gasteiger partial charge < -0.3 is 5.32 Å². The fourth-order valence-electron chi connectivity index (χ4n) is 2.10. The van der Waals surface area contributed by atoms with E-state index >= 15 is 0 Å². The molecule has 1 rings (SSSR count). The molecule has 0 aromatic carbocycles. The molecule has 0 unspecified atom stereocenters. The van der Waals surface area contributed by atoms with Gasteiger partial charge in [-0.1, -0.05) is 19.3 Å². The maximum absolute atomic E-state index is 11.8. The van der Waals surface area contributed by atoms with E-state index in [2.05, 4.69) is 5.32 Å². The number of hydrogen-bond donors (Lipinski definition) is 1. The number of nitrogens with zero attached hydrogens (tertiary/aromatic N) is 2. The summed E-state index contributed by atoms with van der Waals surface area (Å²) < 4.78 is 0. The van der Waals surface area contributed by atoms with E-state index < -0.39 is 5.91 Å². The molecule has 0 saturated heterocycles. The predicted molar refractivity (Wildman–Crippen MR) is 63.0 cm³/mol. The first-order valence-electron chi connectivity index (χ1n) is 6.16. The van der Waals surface area contributed by atoms with Gasteiger partial charge in [0.15, 0.2) is 0 Å². The van der Waals surface area contributed by atoms with Gasteiger partial charge in [-0.3, -0.25) is 9.69 Å². The van der Waals surface area contributed by atoms with Crippen molar-refractivity contribution in [2.45, 2.75) is 51.5 Å². The first-order valence-corrected chi connectivity index (χ1v) is 6.16. The molecule has 0 spiro atoms. The molecule has 0 aromatic heterocycles. The van der Waals surface area contributed by atoms with Crippen LogP contribution in [0.25, 0.3) is 0 Å². The summed E-state index contributed by atoms with van der Waals surface area (Å²) in [5.74, 6) is -0.427. The molecule has 5 heteroatoms. The van der Waals surface area contributed by atoms with Gasteiger partial charge in [-0.25, -0.2) is 4.79 Å². The molecule has 1 aliphatic rings. The average molecular weight is 237 g/mol. The summed E-state index contributed by atoms with van der Waals surface area (Å²) in [4.78, 5) is 24.5. The summed E-state index contributed by atoms with van der Waals surface area (Å²) in [6.45, 7) is 2.04. The van der Waals surface area contributed by atoms with Gasteiger partial charge in [-0.05, 0) is 19.8 Å². The summed E-state index contributed by atoms with van der Waals surface area (Å²) in [5, 5.41) is 11.3. The molecule has 5 nitrogen and oxygen atoms in total. The number of amides is 3. The van der Waals surface area contributed by atoms with E-state index in [1.54, 1.807) is 13.0 Å². The Bertz CT molecular complexity index is 316. The topological polar surface area (TPSA) is 73.2 Å². The fourth-order valence-corrected chi connectivity index (χ4v) is 2.10. The zero-order chi connectivity index (χ0) is 12.7. The van der Waals surface area contributed by atoms with Gasteiger partial charge in [0.05, 0.1) is 6.07 Å². The number of hydrogen-bond acceptors (Lipinski definition) is 3. The third kappa shape index (κ3) is 4.06. The van der Waals surface area contributed by atoms with Crippen LogP contribution < -0.4 is 5.32 Å². The molecule has 0 bridgehead atoms. The van der Waals surface area contributed by atoms with E-state index in [9.17, 15) is 9.59 Å². The monoisotopic (exact) mass is 237 g/mol. The van der Waals surface area contributed by atoms with Crippen molar-refractivity contribution >= 4 is 11.9 Å². The van der Waals surface area contributed by atoms with Gasteiger partial charge in [-0.15, -0.1) is 0 Å². The maximum Gasteiger partial charge on any atom is 0.324 e. The van der Waals surface area contributed by atoms with E-state index in [1.807, 2.05) is 0 Å². The highest BCUT2D eigenvalue weighted by molar-refractivity contribution is 5.95. The van der Waals surface area contributed by atoms with Crippen LogP contribution in [-0.4, -0.2) is 29.4 Å². The van der Waals surface area contributed by atoms with Crippen LogP contribution in [0.4, 0.5) is 4.79 Å². The Hall–Kier alpha value is -1.57. The van der Waals surface area contributed by atoms with E-state index in [4.69, 9.17) is 5.26 Å². The lowest BCUT2D eigenvalue weighted by molar-refractivity contribution is -0.127. The number of nitriles is 1. The number of carbonyl (C=O) groups is 2. The maximum atomic E-state index is 11.8. The minimum Gasteiger partial charge on any atom is -0.335 e. The third-order valence-electron chi connectivity index (χ3n) is 3.03. The molecule has 1 aliphatic carbocycles. The summed E-state index contributed by atoms with van der Waals surface area (Å²) in [6.07, 6.45) is 5.20. The molecule has 0 aromatic rings. The summed E-state index contributed by atoms with van der Waals surface area (Å²) in [6, 6.07) is 1.59. The first-order chi connectivity index (χ1) is 8.19. The van der Waals surface area contributed by atoms with E-state index in [-0.39, 0.29) is 18.5 Å². The average Bonchev–Trinajstić information content (AvgIpc) is 2.31. The molecule has 0 radical (unpaired) electrons. The third-order valence-corrected chi connectivity index (χ3v) is 3.03. The van der Waals surface area contributed by atoms with Crippen molar-refractivity contribution in [3.8, 4) is 6.07 Å². The lowest BCUT2D eigenvalue weighted by Gasteiger charge is -2.26. The zero-order valence-corrected chi connectivity index (χ0v) is 10.2. The van der Waals surface area contributed by atoms with Crippen LogP contribution in [0.5, 0.6) is 0 Å². The van der Waals surface area contributed by atoms with Gasteiger partial charge in [0, 0.05) is 12.6 Å². The molecule has 1 saturated carbocycles. The molecular weight excluding hydrogens is 218 g/mol. The van der Waals surface area contributed by atoms with Crippen molar-refractivity contribution in [2.24, 2.45) is 0 Å². The molecule has 0 atom stereocenters. The summed E-state index contributed by atoms with van der Waals surface area (Å²) in [7, 11) is 0. The minimum atomic E-state index is -0.427. The van der Waals surface area contributed by atoms with Crippen LogP contribution in [0.15, 0.2) is 0 Å². The van der Waals surface area contributed by atoms with E-state index in [0.29, 0.717) is 6.54 Å². The standard InChI is InChI=1S/C12H19N3O2/c1-2-15(11(16)8-9-13)12(17)14-10-6-4-3-5-7-10/h10H,2-8H2,1H3,(H,14,17). The number of rotatable bonds is 3. The van der Waals surface area contributed by atoms with Crippen molar-refractivity contribution < 1.29 is 9.59 Å². The minimum absolute atomic E-state index is 0.181. The highest BCUT2D eigenvalue weighted by Crippen LogP contribution is 2.17. The van der Waals surface area contributed by atoms with Gasteiger partial charge >= 0.3 is 6.03 Å². The Morgan fingerprint density at radius 2 is 2.00 bits per heavy atom. The number of imide groups is 1. The van der Waals surface area contributed by atoms with Crippen molar-refractivity contribution in [3.05, 3.63) is 0 Å². The van der Waals surface area contributed by atoms with Crippen molar-refractivity contribution in [2.75, 3.05) is 6.54 Å². The lowest BCUT2D eigenvalue weighted by atomic mass is 9.96. The quantitative estimate of drug-likeness (QED) is 0.813. The van der Waals surface area contributed by atoms with Crippen LogP contribution in [0.1, 0.15) is 45.4 Å². The second-order valence-electron chi connectivity index (χ2n) is 4.26. The molecule has 1 fully saturated rings. The Kier molecular flexibility index (Phi) is 5.47. The van der Waals surface area contributed by atoms with E-state index in [0.717, 1.165) is 30.6 Å². The molecular formula is C12H19N3O2. The second kappa shape index (κ2) is 6.89. The molecule has 1 N–H and O–H groups in total. The molecule has 0 heterocycles. The van der Waals surface area contributed by atoms with Crippen LogP contribution in [0.2, 0.25) is 0 Å². The predicted octanol–water partition coefficient (Wildman–Crippen LogP) is 1.79. The summed E-state index contributed by atoms with van der Waals surface area (Å²) >= 11 is 0. The number of nitrogens with one attached hydrogen (secondary N) is 1. The Labute approximate surface area is 102 Å². The van der Waals surface area contributed by atoms with Gasteiger partial charge in [-0.2, -0.15) is 5.26 Å².